The Morgan fingerprint density at radius 1 is 0.935 bits per heavy atom. The highest BCUT2D eigenvalue weighted by Gasteiger charge is 2.18. The van der Waals surface area contributed by atoms with E-state index in [2.05, 4.69) is 5.32 Å². The number of benzene rings is 2. The van der Waals surface area contributed by atoms with Gasteiger partial charge in [-0.1, -0.05) is 12.1 Å². The van der Waals surface area contributed by atoms with Gasteiger partial charge in [0.15, 0.2) is 17.6 Å². The van der Waals surface area contributed by atoms with Crippen LogP contribution >= 0.6 is 0 Å². The SMILES string of the molecule is COc1ccc(C)cc1NC(=O)[C@@H](C)OC(=O)/C=C/c1ccc(OC(C)C)c(OC)c1. The van der Waals surface area contributed by atoms with E-state index in [0.717, 1.165) is 11.1 Å². The molecule has 0 aliphatic rings. The van der Waals surface area contributed by atoms with E-state index in [9.17, 15) is 9.59 Å². The number of carbonyl (C=O) groups is 2. The molecule has 0 bridgehead atoms. The molecule has 0 aromatic heterocycles. The van der Waals surface area contributed by atoms with Crippen molar-refractivity contribution in [1.82, 2.24) is 0 Å². The normalized spacial score (nSPS) is 11.8. The number of esters is 1. The molecular weight excluding hydrogens is 398 g/mol. The first-order valence-corrected chi connectivity index (χ1v) is 9.92. The van der Waals surface area contributed by atoms with Crippen LogP contribution in [0, 0.1) is 6.92 Å². The average Bonchev–Trinajstić information content (AvgIpc) is 2.72. The fourth-order valence-electron chi connectivity index (χ4n) is 2.72. The summed E-state index contributed by atoms with van der Waals surface area (Å²) in [5.74, 6) is 0.609. The van der Waals surface area contributed by atoms with Crippen molar-refractivity contribution in [3.8, 4) is 17.2 Å². The van der Waals surface area contributed by atoms with Crippen molar-refractivity contribution in [3.05, 3.63) is 53.6 Å². The summed E-state index contributed by atoms with van der Waals surface area (Å²) in [7, 11) is 3.07. The highest BCUT2D eigenvalue weighted by atomic mass is 16.5. The van der Waals surface area contributed by atoms with E-state index in [1.165, 1.54) is 20.1 Å². The second kappa shape index (κ2) is 11.1. The lowest BCUT2D eigenvalue weighted by molar-refractivity contribution is -0.148. The fraction of sp³-hybridized carbons (Fsp3) is 0.333. The molecule has 0 spiro atoms. The summed E-state index contributed by atoms with van der Waals surface area (Å²) in [6.45, 7) is 7.26. The number of nitrogens with one attached hydrogen (secondary N) is 1. The lowest BCUT2D eigenvalue weighted by Crippen LogP contribution is -2.29. The molecule has 0 aliphatic carbocycles. The second-order valence-corrected chi connectivity index (χ2v) is 7.18. The summed E-state index contributed by atoms with van der Waals surface area (Å²) >= 11 is 0. The van der Waals surface area contributed by atoms with Gasteiger partial charge in [-0.3, -0.25) is 4.79 Å². The maximum Gasteiger partial charge on any atom is 0.331 e. The summed E-state index contributed by atoms with van der Waals surface area (Å²) in [4.78, 5) is 24.6. The minimum Gasteiger partial charge on any atom is -0.495 e. The Bertz CT molecular complexity index is 951. The third-order valence-electron chi connectivity index (χ3n) is 4.24. The van der Waals surface area contributed by atoms with E-state index in [1.54, 1.807) is 43.5 Å². The number of methoxy groups -OCH3 is 2. The molecule has 1 amide bonds. The summed E-state index contributed by atoms with van der Waals surface area (Å²) < 4.78 is 21.5. The standard InChI is InChI=1S/C24H29NO6/c1-15(2)30-21-11-8-18(14-22(21)29-6)9-12-23(26)31-17(4)24(27)25-19-13-16(3)7-10-20(19)28-5/h7-15,17H,1-6H3,(H,25,27)/b12-9+/t17-/m1/s1. The van der Waals surface area contributed by atoms with Gasteiger partial charge < -0.3 is 24.3 Å². The number of aryl methyl sites for hydroxylation is 1. The van der Waals surface area contributed by atoms with Crippen LogP contribution in [0.15, 0.2) is 42.5 Å². The molecule has 2 rings (SSSR count). The van der Waals surface area contributed by atoms with Gasteiger partial charge in [-0.2, -0.15) is 0 Å². The third kappa shape index (κ3) is 7.06. The number of rotatable bonds is 9. The van der Waals surface area contributed by atoms with E-state index in [1.807, 2.05) is 26.8 Å². The summed E-state index contributed by atoms with van der Waals surface area (Å²) in [5.41, 5.74) is 2.21. The molecule has 1 atom stereocenters. The van der Waals surface area contributed by atoms with Crippen LogP contribution in [0.3, 0.4) is 0 Å². The molecule has 0 saturated heterocycles. The molecule has 0 heterocycles. The van der Waals surface area contributed by atoms with Crippen molar-refractivity contribution in [2.45, 2.75) is 39.9 Å². The summed E-state index contributed by atoms with van der Waals surface area (Å²) in [6, 6.07) is 10.7. The third-order valence-corrected chi connectivity index (χ3v) is 4.24. The number of hydrogen-bond acceptors (Lipinski definition) is 6. The predicted molar refractivity (Wildman–Crippen MR) is 120 cm³/mol. The first-order valence-electron chi connectivity index (χ1n) is 9.92. The first kappa shape index (κ1) is 23.8. The van der Waals surface area contributed by atoms with Crippen LogP contribution in [-0.2, 0) is 14.3 Å². The molecule has 0 saturated carbocycles. The smallest absolute Gasteiger partial charge is 0.331 e. The minimum atomic E-state index is -0.987. The van der Waals surface area contributed by atoms with Crippen molar-refractivity contribution in [1.29, 1.82) is 0 Å². The van der Waals surface area contributed by atoms with Crippen molar-refractivity contribution in [3.63, 3.8) is 0 Å². The molecule has 0 fully saturated rings. The maximum absolute atomic E-state index is 12.4. The van der Waals surface area contributed by atoms with Crippen molar-refractivity contribution in [2.75, 3.05) is 19.5 Å². The number of hydrogen-bond donors (Lipinski definition) is 1. The molecule has 0 aliphatic heterocycles. The lowest BCUT2D eigenvalue weighted by Gasteiger charge is -2.15. The van der Waals surface area contributed by atoms with Gasteiger partial charge in [-0.25, -0.2) is 4.79 Å². The molecule has 7 heteroatoms. The van der Waals surface area contributed by atoms with E-state index < -0.39 is 18.0 Å². The molecule has 166 valence electrons. The van der Waals surface area contributed by atoms with Gasteiger partial charge >= 0.3 is 5.97 Å². The lowest BCUT2D eigenvalue weighted by atomic mass is 10.2. The molecule has 2 aromatic rings. The Kier molecular flexibility index (Phi) is 8.49. The Morgan fingerprint density at radius 2 is 1.61 bits per heavy atom. The Morgan fingerprint density at radius 3 is 2.26 bits per heavy atom. The van der Waals surface area contributed by atoms with Crippen LogP contribution in [0.4, 0.5) is 5.69 Å². The van der Waals surface area contributed by atoms with Gasteiger partial charge in [0.25, 0.3) is 5.91 Å². The van der Waals surface area contributed by atoms with Gasteiger partial charge in [0, 0.05) is 6.08 Å². The Hall–Kier alpha value is -3.48. The van der Waals surface area contributed by atoms with E-state index in [4.69, 9.17) is 18.9 Å². The summed E-state index contributed by atoms with van der Waals surface area (Å²) in [5, 5.41) is 2.72. The molecule has 7 nitrogen and oxygen atoms in total. The average molecular weight is 427 g/mol. The largest absolute Gasteiger partial charge is 0.495 e. The van der Waals surface area contributed by atoms with Crippen molar-refractivity contribution < 1.29 is 28.5 Å². The highest BCUT2D eigenvalue weighted by Crippen LogP contribution is 2.29. The minimum absolute atomic E-state index is 0.0117. The number of carbonyl (C=O) groups excluding carboxylic acids is 2. The maximum atomic E-state index is 12.4. The van der Waals surface area contributed by atoms with Gasteiger partial charge in [0.1, 0.15) is 5.75 Å². The zero-order valence-electron chi connectivity index (χ0n) is 18.7. The topological polar surface area (TPSA) is 83.1 Å². The van der Waals surface area contributed by atoms with Crippen LogP contribution < -0.4 is 19.5 Å². The van der Waals surface area contributed by atoms with E-state index in [0.29, 0.717) is 22.9 Å². The van der Waals surface area contributed by atoms with Crippen LogP contribution in [0.5, 0.6) is 17.2 Å². The fourth-order valence-corrected chi connectivity index (χ4v) is 2.72. The van der Waals surface area contributed by atoms with Crippen LogP contribution in [0.2, 0.25) is 0 Å². The van der Waals surface area contributed by atoms with Gasteiger partial charge in [-0.15, -0.1) is 0 Å². The number of ether oxygens (including phenoxy) is 4. The Balaban J connectivity index is 1.99. The molecular formula is C24H29NO6. The summed E-state index contributed by atoms with van der Waals surface area (Å²) in [6.07, 6.45) is 1.86. The van der Waals surface area contributed by atoms with Gasteiger partial charge in [-0.05, 0) is 69.2 Å². The van der Waals surface area contributed by atoms with Crippen molar-refractivity contribution in [2.24, 2.45) is 0 Å². The number of amides is 1. The molecule has 0 unspecified atom stereocenters. The zero-order valence-corrected chi connectivity index (χ0v) is 18.7. The van der Waals surface area contributed by atoms with Crippen LogP contribution in [0.1, 0.15) is 31.9 Å². The second-order valence-electron chi connectivity index (χ2n) is 7.18. The van der Waals surface area contributed by atoms with Gasteiger partial charge in [0.05, 0.1) is 26.0 Å². The molecule has 1 N–H and O–H groups in total. The van der Waals surface area contributed by atoms with Crippen LogP contribution in [0.25, 0.3) is 6.08 Å². The number of anilines is 1. The molecule has 0 radical (unpaired) electrons. The molecule has 2 aromatic carbocycles. The predicted octanol–water partition coefficient (Wildman–Crippen LogP) is 4.38. The monoisotopic (exact) mass is 427 g/mol. The van der Waals surface area contributed by atoms with E-state index in [-0.39, 0.29) is 6.10 Å². The quantitative estimate of drug-likeness (QED) is 0.472. The first-order chi connectivity index (χ1) is 14.7. The van der Waals surface area contributed by atoms with E-state index >= 15 is 0 Å². The Labute approximate surface area is 183 Å². The van der Waals surface area contributed by atoms with Crippen LogP contribution in [-0.4, -0.2) is 38.3 Å². The van der Waals surface area contributed by atoms with Gasteiger partial charge in [0.2, 0.25) is 0 Å². The zero-order chi connectivity index (χ0) is 23.0. The molecule has 31 heavy (non-hydrogen) atoms. The van der Waals surface area contributed by atoms with Crippen molar-refractivity contribution >= 4 is 23.6 Å². The highest BCUT2D eigenvalue weighted by molar-refractivity contribution is 5.97.